The number of rotatable bonds is 6. The molecular weight excluding hydrogens is 554 g/mol. The first-order valence-electron chi connectivity index (χ1n) is 10.7. The lowest BCUT2D eigenvalue weighted by Crippen LogP contribution is -2.23. The van der Waals surface area contributed by atoms with Crippen LogP contribution in [0.1, 0.15) is 22.2 Å². The van der Waals surface area contributed by atoms with E-state index in [-0.39, 0.29) is 39.7 Å². The molecule has 15 heteroatoms. The van der Waals surface area contributed by atoms with E-state index in [2.05, 4.69) is 11.2 Å². The Hall–Kier alpha value is -4.30. The summed E-state index contributed by atoms with van der Waals surface area (Å²) in [5, 5.41) is 30.0. The Balaban J connectivity index is 2.25. The zero-order valence-corrected chi connectivity index (χ0v) is 21.2. The van der Waals surface area contributed by atoms with Gasteiger partial charge in [0.2, 0.25) is 0 Å². The van der Waals surface area contributed by atoms with Crippen LogP contribution in [-0.2, 0) is 20.2 Å². The highest BCUT2D eigenvalue weighted by molar-refractivity contribution is 7.86. The fourth-order valence-corrected chi connectivity index (χ4v) is 5.66. The SMILES string of the molecule is C#CCNC(=O)c1ccc(-c2c3ccc(=N)c(S(=O)(=O)O)c-3oc3c(S(=O)(=O)O)c(N)ccc23)c(C(O)O)c1. The summed E-state index contributed by atoms with van der Waals surface area (Å²) >= 11 is 0. The Bertz CT molecular complexity index is 1960. The molecule has 0 saturated carbocycles. The van der Waals surface area contributed by atoms with Crippen molar-refractivity contribution in [3.05, 3.63) is 58.9 Å². The van der Waals surface area contributed by atoms with E-state index < -0.39 is 64.6 Å². The summed E-state index contributed by atoms with van der Waals surface area (Å²) in [5.41, 5.74) is 4.17. The molecule has 0 fully saturated rings. The minimum Gasteiger partial charge on any atom is -0.453 e. The van der Waals surface area contributed by atoms with E-state index in [9.17, 15) is 40.9 Å². The van der Waals surface area contributed by atoms with Gasteiger partial charge in [-0.2, -0.15) is 16.8 Å². The predicted molar refractivity (Wildman–Crippen MR) is 137 cm³/mol. The summed E-state index contributed by atoms with van der Waals surface area (Å²) in [5.74, 6) is 0.893. The van der Waals surface area contributed by atoms with Crippen LogP contribution in [0.25, 0.3) is 33.4 Å². The average molecular weight is 574 g/mol. The lowest BCUT2D eigenvalue weighted by atomic mass is 9.89. The van der Waals surface area contributed by atoms with E-state index in [0.29, 0.717) is 0 Å². The van der Waals surface area contributed by atoms with Crippen molar-refractivity contribution in [2.45, 2.75) is 16.1 Å². The van der Waals surface area contributed by atoms with Gasteiger partial charge in [-0.15, -0.1) is 6.42 Å². The number of nitrogen functional groups attached to an aromatic ring is 1. The van der Waals surface area contributed by atoms with Crippen molar-refractivity contribution >= 4 is 42.8 Å². The number of aliphatic hydroxyl groups excluding tert-OH is 1. The van der Waals surface area contributed by atoms with Gasteiger partial charge in [0, 0.05) is 27.6 Å². The summed E-state index contributed by atoms with van der Waals surface area (Å²) in [7, 11) is -10.2. The van der Waals surface area contributed by atoms with Gasteiger partial charge in [0.1, 0.15) is 0 Å². The lowest BCUT2D eigenvalue weighted by Gasteiger charge is -2.21. The number of hydrogen-bond acceptors (Lipinski definition) is 10. The minimum absolute atomic E-state index is 0.0266. The van der Waals surface area contributed by atoms with E-state index in [0.717, 1.165) is 18.2 Å². The molecule has 0 bridgehead atoms. The van der Waals surface area contributed by atoms with Crippen LogP contribution < -0.4 is 16.4 Å². The second-order valence-corrected chi connectivity index (χ2v) is 10.9. The molecule has 0 atom stereocenters. The maximum absolute atomic E-state index is 12.4. The molecule has 39 heavy (non-hydrogen) atoms. The number of terminal acetylenes is 1. The fourth-order valence-electron chi connectivity index (χ4n) is 4.18. The first-order chi connectivity index (χ1) is 18.2. The third-order valence-corrected chi connectivity index (χ3v) is 7.58. The highest BCUT2D eigenvalue weighted by Crippen LogP contribution is 2.46. The molecule has 13 nitrogen and oxygen atoms in total. The molecule has 1 aliphatic carbocycles. The molecular formula is C24H19N3O10S2. The average Bonchev–Trinajstić information content (AvgIpc) is 2.83. The summed E-state index contributed by atoms with van der Waals surface area (Å²) in [6.07, 6.45) is 2.95. The Morgan fingerprint density at radius 2 is 1.67 bits per heavy atom. The van der Waals surface area contributed by atoms with Gasteiger partial charge >= 0.3 is 0 Å². The predicted octanol–water partition coefficient (Wildman–Crippen LogP) is 1.11. The molecule has 0 spiro atoms. The quantitative estimate of drug-likeness (QED) is 0.0566. The Morgan fingerprint density at radius 1 is 1.03 bits per heavy atom. The number of hydrogen-bond donors (Lipinski definition) is 7. The Labute approximate surface area is 220 Å². The van der Waals surface area contributed by atoms with Crippen LogP contribution in [-0.4, -0.2) is 48.6 Å². The van der Waals surface area contributed by atoms with E-state index >= 15 is 0 Å². The maximum atomic E-state index is 12.4. The fraction of sp³-hybridized carbons (Fsp3) is 0.0833. The van der Waals surface area contributed by atoms with Crippen molar-refractivity contribution < 1.29 is 45.4 Å². The molecule has 8 N–H and O–H groups in total. The van der Waals surface area contributed by atoms with E-state index in [1.54, 1.807) is 0 Å². The third kappa shape index (κ3) is 4.95. The molecule has 0 saturated heterocycles. The van der Waals surface area contributed by atoms with Crippen molar-refractivity contribution in [2.24, 2.45) is 0 Å². The van der Waals surface area contributed by atoms with Crippen LogP contribution in [0.5, 0.6) is 0 Å². The zero-order chi connectivity index (χ0) is 28.9. The van der Waals surface area contributed by atoms with Gasteiger partial charge in [0.25, 0.3) is 26.1 Å². The van der Waals surface area contributed by atoms with Gasteiger partial charge < -0.3 is 25.7 Å². The van der Waals surface area contributed by atoms with Crippen LogP contribution >= 0.6 is 0 Å². The molecule has 0 unspecified atom stereocenters. The molecule has 202 valence electrons. The normalized spacial score (nSPS) is 12.1. The maximum Gasteiger partial charge on any atom is 0.300 e. The smallest absolute Gasteiger partial charge is 0.300 e. The second-order valence-electron chi connectivity index (χ2n) is 8.17. The number of nitrogens with one attached hydrogen (secondary N) is 2. The zero-order valence-electron chi connectivity index (χ0n) is 19.5. The molecule has 0 radical (unpaired) electrons. The second kappa shape index (κ2) is 9.78. The lowest BCUT2D eigenvalue weighted by molar-refractivity contribution is -0.0420. The number of benzene rings is 3. The van der Waals surface area contributed by atoms with Gasteiger partial charge in [-0.3, -0.25) is 19.3 Å². The summed E-state index contributed by atoms with van der Waals surface area (Å²) in [4.78, 5) is 10.5. The number of fused-ring (bicyclic) bond motifs is 2. The van der Waals surface area contributed by atoms with Crippen LogP contribution in [0.4, 0.5) is 5.69 Å². The monoisotopic (exact) mass is 573 g/mol. The van der Waals surface area contributed by atoms with Gasteiger partial charge in [-0.1, -0.05) is 12.0 Å². The van der Waals surface area contributed by atoms with E-state index in [1.165, 1.54) is 24.3 Å². The number of amides is 1. The van der Waals surface area contributed by atoms with Gasteiger partial charge in [0.15, 0.2) is 27.4 Å². The van der Waals surface area contributed by atoms with Gasteiger partial charge in [-0.05, 0) is 42.0 Å². The van der Waals surface area contributed by atoms with Gasteiger partial charge in [-0.25, -0.2) is 0 Å². The van der Waals surface area contributed by atoms with Crippen LogP contribution in [0.15, 0.2) is 56.7 Å². The summed E-state index contributed by atoms with van der Waals surface area (Å²) < 4.78 is 74.3. The molecule has 4 rings (SSSR count). The van der Waals surface area contributed by atoms with Crippen LogP contribution in [0.2, 0.25) is 0 Å². The topological polar surface area (TPSA) is 241 Å². The standard InChI is InChI=1S/C24H19N3O10S2/c1-2-9-27-23(28)11-3-4-12(15(10-11)24(29)30)18-13-5-7-16(25)21(38(31,32)33)19(13)37-20-14(18)6-8-17(26)22(20)39(34,35)36/h1,3-8,10,24-25,29-30H,9,26H2,(H,27,28)(H,31,32,33)(H,34,35,36). The number of carbonyl (C=O) groups excluding carboxylic acids is 1. The molecule has 2 aliphatic rings. The number of nitrogens with two attached hydrogens (primary N) is 1. The first kappa shape index (κ1) is 27.7. The largest absolute Gasteiger partial charge is 0.453 e. The molecule has 0 aromatic heterocycles. The highest BCUT2D eigenvalue weighted by atomic mass is 32.2. The highest BCUT2D eigenvalue weighted by Gasteiger charge is 2.31. The minimum atomic E-state index is -5.13. The van der Waals surface area contributed by atoms with Crippen molar-refractivity contribution in [3.63, 3.8) is 0 Å². The van der Waals surface area contributed by atoms with Crippen molar-refractivity contribution in [1.82, 2.24) is 5.32 Å². The number of anilines is 1. The van der Waals surface area contributed by atoms with Gasteiger partial charge in [0.05, 0.1) is 17.6 Å². The first-order valence-corrected chi connectivity index (χ1v) is 13.6. The van der Waals surface area contributed by atoms with Crippen LogP contribution in [0, 0.1) is 17.8 Å². The van der Waals surface area contributed by atoms with E-state index in [1.807, 2.05) is 0 Å². The molecule has 1 amide bonds. The molecule has 1 aliphatic heterocycles. The molecule has 2 aromatic carbocycles. The molecule has 2 aromatic rings. The van der Waals surface area contributed by atoms with Crippen LogP contribution in [0.3, 0.4) is 0 Å². The Morgan fingerprint density at radius 3 is 2.26 bits per heavy atom. The van der Waals surface area contributed by atoms with Crippen molar-refractivity contribution in [3.8, 4) is 34.8 Å². The third-order valence-electron chi connectivity index (χ3n) is 5.73. The molecule has 1 heterocycles. The number of carbonyl (C=O) groups is 1. The van der Waals surface area contributed by atoms with Crippen molar-refractivity contribution in [2.75, 3.05) is 12.3 Å². The number of aliphatic hydroxyl groups is 2. The van der Waals surface area contributed by atoms with E-state index in [4.69, 9.17) is 22.0 Å². The summed E-state index contributed by atoms with van der Waals surface area (Å²) in [6, 6.07) is 8.34. The Kier molecular flexibility index (Phi) is 6.95. The summed E-state index contributed by atoms with van der Waals surface area (Å²) in [6.45, 7) is -0.110. The van der Waals surface area contributed by atoms with Crippen molar-refractivity contribution in [1.29, 1.82) is 5.41 Å².